The predicted molar refractivity (Wildman–Crippen MR) is 142 cm³/mol. The summed E-state index contributed by atoms with van der Waals surface area (Å²) >= 11 is 0. The number of Topliss-reactive ketones (excluding diaryl/α,β-unsaturated/α-hetero) is 1. The lowest BCUT2D eigenvalue weighted by atomic mass is 10.0. The Morgan fingerprint density at radius 3 is 1.59 bits per heavy atom. The molecule has 32 heavy (non-hydrogen) atoms. The molecule has 0 aromatic carbocycles. The monoisotopic (exact) mass is 443 g/mol. The first-order chi connectivity index (χ1) is 15.5. The van der Waals surface area contributed by atoms with Gasteiger partial charge in [-0.3, -0.25) is 9.59 Å². The zero-order valence-electron chi connectivity index (χ0n) is 21.6. The molecule has 0 aliphatic heterocycles. The van der Waals surface area contributed by atoms with E-state index in [0.29, 0.717) is 18.8 Å². The van der Waals surface area contributed by atoms with E-state index in [1.54, 1.807) is 6.92 Å². The molecule has 1 N–H and O–H groups in total. The molecule has 182 valence electrons. The van der Waals surface area contributed by atoms with Gasteiger partial charge in [0.05, 0.1) is 6.04 Å². The second kappa shape index (κ2) is 25.1. The van der Waals surface area contributed by atoms with Crippen molar-refractivity contribution in [3.8, 4) is 0 Å². The first-order valence-corrected chi connectivity index (χ1v) is 12.5. The molecule has 0 saturated heterocycles. The highest BCUT2D eigenvalue weighted by Crippen LogP contribution is 2.07. The Morgan fingerprint density at radius 2 is 1.19 bits per heavy atom. The van der Waals surface area contributed by atoms with Gasteiger partial charge in [0.1, 0.15) is 0 Å². The molecule has 3 heteroatoms. The third kappa shape index (κ3) is 24.1. The van der Waals surface area contributed by atoms with E-state index in [-0.39, 0.29) is 17.7 Å². The van der Waals surface area contributed by atoms with Gasteiger partial charge in [-0.2, -0.15) is 0 Å². The topological polar surface area (TPSA) is 46.2 Å². The zero-order chi connectivity index (χ0) is 24.5. The molecule has 0 rings (SSSR count). The molecule has 0 radical (unpaired) electrons. The van der Waals surface area contributed by atoms with Gasteiger partial charge in [0.15, 0.2) is 5.78 Å². The smallest absolute Gasteiger partial charge is 0.220 e. The van der Waals surface area contributed by atoms with Crippen LogP contribution in [-0.2, 0) is 9.59 Å². The van der Waals surface area contributed by atoms with Crippen LogP contribution in [0.15, 0.2) is 60.8 Å². The lowest BCUT2D eigenvalue weighted by Gasteiger charge is -2.17. The van der Waals surface area contributed by atoms with Crippen molar-refractivity contribution in [3.05, 3.63) is 60.8 Å². The molecule has 0 spiro atoms. The first kappa shape index (κ1) is 32.0. The van der Waals surface area contributed by atoms with Crippen molar-refractivity contribution in [3.63, 3.8) is 0 Å². The van der Waals surface area contributed by atoms with Crippen molar-refractivity contribution in [2.45, 2.75) is 105 Å². The number of ketones is 1. The summed E-state index contributed by atoms with van der Waals surface area (Å²) in [6.45, 7) is 11.8. The predicted octanol–water partition coefficient (Wildman–Crippen LogP) is 8.05. The fourth-order valence-corrected chi connectivity index (χ4v) is 2.81. The van der Waals surface area contributed by atoms with Crippen molar-refractivity contribution in [1.82, 2.24) is 5.32 Å². The normalized spacial score (nSPS) is 13.0. The minimum Gasteiger partial charge on any atom is -0.346 e. The van der Waals surface area contributed by atoms with Crippen molar-refractivity contribution < 1.29 is 9.59 Å². The van der Waals surface area contributed by atoms with Crippen molar-refractivity contribution in [2.75, 3.05) is 0 Å². The SMILES string of the molecule is CC.CC/C=C\C/C=C\C/C=C\C/C=C\C/C=C\CCCC(=O)NC(CC(C)C)C(C)=O. The Hall–Kier alpha value is -2.16. The standard InChI is InChI=1S/C27H43NO2.C2H6/c1-5-6-7-8-9-10-11-12-13-14-15-16-17-18-19-20-21-22-27(30)28-26(25(4)29)23-24(2)3;1-2/h6-7,9-10,12-13,15-16,18-19,24,26H,5,8,11,14,17,20-23H2,1-4H3,(H,28,30);1-2H3/b7-6-,10-9-,13-12-,16-15-,19-18-;. The van der Waals surface area contributed by atoms with Crippen LogP contribution in [0.1, 0.15) is 99.3 Å². The molecule has 3 nitrogen and oxygen atoms in total. The fraction of sp³-hybridized carbons (Fsp3) is 0.586. The number of amides is 1. The van der Waals surface area contributed by atoms with E-state index in [1.807, 2.05) is 13.8 Å². The van der Waals surface area contributed by atoms with Crippen molar-refractivity contribution in [1.29, 1.82) is 0 Å². The minimum atomic E-state index is -0.341. The summed E-state index contributed by atoms with van der Waals surface area (Å²) in [5.74, 6) is 0.401. The van der Waals surface area contributed by atoms with Gasteiger partial charge in [-0.15, -0.1) is 0 Å². The van der Waals surface area contributed by atoms with Gasteiger partial charge in [-0.1, -0.05) is 95.4 Å². The fourth-order valence-electron chi connectivity index (χ4n) is 2.81. The lowest BCUT2D eigenvalue weighted by molar-refractivity contribution is -0.127. The van der Waals surface area contributed by atoms with Crippen LogP contribution in [0.25, 0.3) is 0 Å². The highest BCUT2D eigenvalue weighted by molar-refractivity contribution is 5.87. The lowest BCUT2D eigenvalue weighted by Crippen LogP contribution is -2.40. The molecule has 0 bridgehead atoms. The molecule has 1 unspecified atom stereocenters. The summed E-state index contributed by atoms with van der Waals surface area (Å²) in [5, 5.41) is 2.87. The molecule has 1 amide bonds. The van der Waals surface area contributed by atoms with Crippen molar-refractivity contribution >= 4 is 11.7 Å². The molecule has 0 aliphatic rings. The summed E-state index contributed by atoms with van der Waals surface area (Å²) in [6.07, 6.45) is 29.7. The molecule has 0 aromatic rings. The molecular formula is C29H49NO2. The Bertz CT molecular complexity index is 594. The third-order valence-electron chi connectivity index (χ3n) is 4.47. The quantitative estimate of drug-likeness (QED) is 0.182. The van der Waals surface area contributed by atoms with Crippen molar-refractivity contribution in [2.24, 2.45) is 5.92 Å². The van der Waals surface area contributed by atoms with Crippen LogP contribution in [0.5, 0.6) is 0 Å². The molecule has 1 atom stereocenters. The molecule has 0 saturated carbocycles. The number of hydrogen-bond donors (Lipinski definition) is 1. The van der Waals surface area contributed by atoms with E-state index < -0.39 is 0 Å². The van der Waals surface area contributed by atoms with Crippen LogP contribution in [0.2, 0.25) is 0 Å². The average Bonchev–Trinajstić information content (AvgIpc) is 2.76. The van der Waals surface area contributed by atoms with Crippen LogP contribution < -0.4 is 5.32 Å². The summed E-state index contributed by atoms with van der Waals surface area (Å²) in [5.41, 5.74) is 0. The molecule has 0 heterocycles. The van der Waals surface area contributed by atoms with Gasteiger partial charge >= 0.3 is 0 Å². The van der Waals surface area contributed by atoms with E-state index in [2.05, 4.69) is 86.8 Å². The second-order valence-electron chi connectivity index (χ2n) is 7.96. The summed E-state index contributed by atoms with van der Waals surface area (Å²) in [4.78, 5) is 23.6. The Labute approximate surface area is 198 Å². The second-order valence-corrected chi connectivity index (χ2v) is 7.96. The maximum atomic E-state index is 12.0. The average molecular weight is 444 g/mol. The molecular weight excluding hydrogens is 394 g/mol. The Balaban J connectivity index is 0. The van der Waals surface area contributed by atoms with E-state index >= 15 is 0 Å². The van der Waals surface area contributed by atoms with E-state index in [9.17, 15) is 9.59 Å². The highest BCUT2D eigenvalue weighted by atomic mass is 16.2. The highest BCUT2D eigenvalue weighted by Gasteiger charge is 2.17. The minimum absolute atomic E-state index is 0.0248. The van der Waals surface area contributed by atoms with Gasteiger partial charge in [0.25, 0.3) is 0 Å². The van der Waals surface area contributed by atoms with Gasteiger partial charge in [-0.25, -0.2) is 0 Å². The number of carbonyl (C=O) groups is 2. The Kier molecular flexibility index (Phi) is 25.1. The van der Waals surface area contributed by atoms with Gasteiger partial charge in [-0.05, 0) is 64.2 Å². The summed E-state index contributed by atoms with van der Waals surface area (Å²) < 4.78 is 0. The third-order valence-corrected chi connectivity index (χ3v) is 4.47. The maximum absolute atomic E-state index is 12.0. The first-order valence-electron chi connectivity index (χ1n) is 12.5. The van der Waals surface area contributed by atoms with Crippen LogP contribution in [0.4, 0.5) is 0 Å². The van der Waals surface area contributed by atoms with E-state index in [0.717, 1.165) is 44.9 Å². The number of nitrogens with one attached hydrogen (secondary N) is 1. The zero-order valence-corrected chi connectivity index (χ0v) is 21.6. The van der Waals surface area contributed by atoms with Gasteiger partial charge in [0.2, 0.25) is 5.91 Å². The number of hydrogen-bond acceptors (Lipinski definition) is 2. The van der Waals surface area contributed by atoms with Crippen LogP contribution in [0, 0.1) is 5.92 Å². The summed E-state index contributed by atoms with van der Waals surface area (Å²) in [6, 6.07) is -0.341. The molecule has 0 fully saturated rings. The number of rotatable bonds is 17. The van der Waals surface area contributed by atoms with Gasteiger partial charge < -0.3 is 5.32 Å². The van der Waals surface area contributed by atoms with E-state index in [4.69, 9.17) is 0 Å². The largest absolute Gasteiger partial charge is 0.346 e. The summed E-state index contributed by atoms with van der Waals surface area (Å²) in [7, 11) is 0. The maximum Gasteiger partial charge on any atom is 0.220 e. The number of unbranched alkanes of at least 4 members (excludes halogenated alkanes) is 1. The Morgan fingerprint density at radius 1 is 0.750 bits per heavy atom. The van der Waals surface area contributed by atoms with Crippen LogP contribution >= 0.6 is 0 Å². The van der Waals surface area contributed by atoms with Crippen LogP contribution in [-0.4, -0.2) is 17.7 Å². The van der Waals surface area contributed by atoms with Crippen LogP contribution in [0.3, 0.4) is 0 Å². The van der Waals surface area contributed by atoms with E-state index in [1.165, 1.54) is 0 Å². The number of carbonyl (C=O) groups excluding carboxylic acids is 2. The molecule has 0 aliphatic carbocycles. The molecule has 0 aromatic heterocycles. The van der Waals surface area contributed by atoms with Gasteiger partial charge in [0, 0.05) is 6.42 Å². The number of allylic oxidation sites excluding steroid dienone is 10.